The van der Waals surface area contributed by atoms with E-state index in [-0.39, 0.29) is 30.2 Å². The highest BCUT2D eigenvalue weighted by molar-refractivity contribution is 7.12. The van der Waals surface area contributed by atoms with Crippen LogP contribution in [0.4, 0.5) is 5.69 Å². The highest BCUT2D eigenvalue weighted by atomic mass is 35.5. The SMILES string of the molecule is C=C1CCC(N2Cc3sc(CNC(=O)CNc4ccc(C)c(Cl)c4)cc3C2=O)C(=O)C1. The Bertz CT molecular complexity index is 1080. The van der Waals surface area contributed by atoms with Gasteiger partial charge in [-0.3, -0.25) is 14.4 Å². The van der Waals surface area contributed by atoms with Crippen molar-refractivity contribution in [1.29, 1.82) is 0 Å². The van der Waals surface area contributed by atoms with Gasteiger partial charge >= 0.3 is 0 Å². The fourth-order valence-corrected chi connectivity index (χ4v) is 5.20. The molecule has 1 aliphatic carbocycles. The lowest BCUT2D eigenvalue weighted by atomic mass is 9.90. The van der Waals surface area contributed by atoms with Crippen LogP contribution in [0.15, 0.2) is 36.4 Å². The molecule has 1 saturated carbocycles. The second-order valence-corrected chi connectivity index (χ2v) is 9.65. The second kappa shape index (κ2) is 8.85. The van der Waals surface area contributed by atoms with Gasteiger partial charge in [-0.05, 0) is 43.5 Å². The minimum absolute atomic E-state index is 0.0783. The third kappa shape index (κ3) is 4.67. The van der Waals surface area contributed by atoms with Crippen LogP contribution in [-0.4, -0.2) is 35.1 Å². The van der Waals surface area contributed by atoms with Crippen LogP contribution in [0.1, 0.15) is 44.9 Å². The number of halogens is 1. The normalized spacial score (nSPS) is 18.3. The predicted molar refractivity (Wildman–Crippen MR) is 123 cm³/mol. The van der Waals surface area contributed by atoms with Gasteiger partial charge in [-0.15, -0.1) is 11.3 Å². The first-order valence-corrected chi connectivity index (χ1v) is 11.4. The van der Waals surface area contributed by atoms with E-state index in [0.29, 0.717) is 36.5 Å². The number of amides is 2. The molecule has 0 bridgehead atoms. The van der Waals surface area contributed by atoms with Crippen LogP contribution in [0.3, 0.4) is 0 Å². The molecule has 6 nitrogen and oxygen atoms in total. The third-order valence-corrected chi connectivity index (χ3v) is 7.22. The van der Waals surface area contributed by atoms with E-state index in [0.717, 1.165) is 33.0 Å². The molecule has 0 radical (unpaired) electrons. The number of nitrogens with zero attached hydrogens (tertiary/aromatic N) is 1. The molecular weight excluding hydrogens is 434 g/mol. The average molecular weight is 458 g/mol. The van der Waals surface area contributed by atoms with E-state index in [9.17, 15) is 14.4 Å². The van der Waals surface area contributed by atoms with Gasteiger partial charge < -0.3 is 15.5 Å². The van der Waals surface area contributed by atoms with Crippen LogP contribution < -0.4 is 10.6 Å². The van der Waals surface area contributed by atoms with Crippen molar-refractivity contribution in [3.05, 3.63) is 62.3 Å². The van der Waals surface area contributed by atoms with Gasteiger partial charge in [-0.2, -0.15) is 0 Å². The zero-order valence-corrected chi connectivity index (χ0v) is 18.9. The molecule has 1 aliphatic heterocycles. The predicted octanol–water partition coefficient (Wildman–Crippen LogP) is 4.07. The van der Waals surface area contributed by atoms with Crippen molar-refractivity contribution in [3.63, 3.8) is 0 Å². The van der Waals surface area contributed by atoms with Crippen molar-refractivity contribution in [2.45, 2.75) is 45.3 Å². The lowest BCUT2D eigenvalue weighted by molar-refractivity contribution is -0.124. The molecule has 2 aliphatic rings. The number of anilines is 1. The Balaban J connectivity index is 1.29. The van der Waals surface area contributed by atoms with Gasteiger partial charge in [0.25, 0.3) is 5.91 Å². The smallest absolute Gasteiger partial charge is 0.256 e. The molecule has 1 unspecified atom stereocenters. The van der Waals surface area contributed by atoms with Crippen LogP contribution in [0.2, 0.25) is 5.02 Å². The first kappa shape index (κ1) is 21.6. The van der Waals surface area contributed by atoms with Gasteiger partial charge in [0.15, 0.2) is 5.78 Å². The van der Waals surface area contributed by atoms with Gasteiger partial charge in [0, 0.05) is 26.9 Å². The highest BCUT2D eigenvalue weighted by Gasteiger charge is 2.38. The fourth-order valence-electron chi connectivity index (χ4n) is 3.92. The van der Waals surface area contributed by atoms with Crippen molar-refractivity contribution in [1.82, 2.24) is 10.2 Å². The number of rotatable bonds is 6. The summed E-state index contributed by atoms with van der Waals surface area (Å²) in [6, 6.07) is 7.05. The van der Waals surface area contributed by atoms with Crippen LogP contribution in [-0.2, 0) is 22.7 Å². The first-order chi connectivity index (χ1) is 14.8. The summed E-state index contributed by atoms with van der Waals surface area (Å²) in [4.78, 5) is 40.9. The summed E-state index contributed by atoms with van der Waals surface area (Å²) in [5.74, 6) is -0.159. The monoisotopic (exact) mass is 457 g/mol. The number of aryl methyl sites for hydroxylation is 1. The van der Waals surface area contributed by atoms with E-state index in [1.807, 2.05) is 25.1 Å². The molecule has 1 aromatic heterocycles. The van der Waals surface area contributed by atoms with Gasteiger partial charge in [0.1, 0.15) is 0 Å². The van der Waals surface area contributed by atoms with Crippen molar-refractivity contribution in [2.75, 3.05) is 11.9 Å². The van der Waals surface area contributed by atoms with Gasteiger partial charge in [-0.25, -0.2) is 0 Å². The molecule has 2 amide bonds. The van der Waals surface area contributed by atoms with E-state index < -0.39 is 0 Å². The summed E-state index contributed by atoms with van der Waals surface area (Å²) in [6.45, 7) is 6.77. The number of nitrogens with one attached hydrogen (secondary N) is 2. The molecule has 2 aromatic rings. The quantitative estimate of drug-likeness (QED) is 0.641. The fraction of sp³-hybridized carbons (Fsp3) is 0.348. The number of hydrogen-bond acceptors (Lipinski definition) is 5. The van der Waals surface area contributed by atoms with E-state index in [1.165, 1.54) is 11.3 Å². The van der Waals surface area contributed by atoms with Gasteiger partial charge in [0.05, 0.1) is 31.2 Å². The third-order valence-electron chi connectivity index (χ3n) is 5.69. The number of hydrogen-bond donors (Lipinski definition) is 2. The minimum Gasteiger partial charge on any atom is -0.376 e. The van der Waals surface area contributed by atoms with Crippen LogP contribution in [0, 0.1) is 6.92 Å². The molecule has 1 fully saturated rings. The number of allylic oxidation sites excluding steroid dienone is 1. The molecule has 2 N–H and O–H groups in total. The first-order valence-electron chi connectivity index (χ1n) is 10.2. The van der Waals surface area contributed by atoms with E-state index in [1.54, 1.807) is 11.0 Å². The zero-order valence-electron chi connectivity index (χ0n) is 17.3. The molecular formula is C23H24ClN3O3S. The van der Waals surface area contributed by atoms with Crippen LogP contribution in [0.5, 0.6) is 0 Å². The Labute approximate surface area is 190 Å². The van der Waals surface area contributed by atoms with E-state index >= 15 is 0 Å². The minimum atomic E-state index is -0.345. The number of thiophene rings is 1. The molecule has 162 valence electrons. The number of carbonyl (C=O) groups is 3. The number of benzene rings is 1. The van der Waals surface area contributed by atoms with Crippen molar-refractivity contribution in [2.24, 2.45) is 0 Å². The lowest BCUT2D eigenvalue weighted by Crippen LogP contribution is -2.43. The maximum Gasteiger partial charge on any atom is 0.256 e. The number of fused-ring (bicyclic) bond motifs is 1. The maximum absolute atomic E-state index is 12.8. The Kier molecular flexibility index (Phi) is 6.16. The van der Waals surface area contributed by atoms with E-state index in [4.69, 9.17) is 11.6 Å². The Hall–Kier alpha value is -2.64. The molecule has 2 heterocycles. The number of carbonyl (C=O) groups excluding carboxylic acids is 3. The van der Waals surface area contributed by atoms with Crippen molar-refractivity contribution in [3.8, 4) is 0 Å². The summed E-state index contributed by atoms with van der Waals surface area (Å²) < 4.78 is 0. The maximum atomic E-state index is 12.8. The Morgan fingerprint density at radius 2 is 2.13 bits per heavy atom. The Morgan fingerprint density at radius 3 is 2.84 bits per heavy atom. The summed E-state index contributed by atoms with van der Waals surface area (Å²) in [5, 5.41) is 6.57. The molecule has 31 heavy (non-hydrogen) atoms. The number of Topliss-reactive ketones (excluding diaryl/α,β-unsaturated/α-hetero) is 1. The highest BCUT2D eigenvalue weighted by Crippen LogP contribution is 2.35. The largest absolute Gasteiger partial charge is 0.376 e. The molecule has 1 aromatic carbocycles. The molecule has 4 rings (SSSR count). The number of ketones is 1. The molecule has 8 heteroatoms. The molecule has 1 atom stereocenters. The van der Waals surface area contributed by atoms with Gasteiger partial charge in [-0.1, -0.05) is 29.8 Å². The Morgan fingerprint density at radius 1 is 1.32 bits per heavy atom. The average Bonchev–Trinajstić information content (AvgIpc) is 3.26. The molecule has 0 saturated heterocycles. The summed E-state index contributed by atoms with van der Waals surface area (Å²) in [7, 11) is 0. The molecule has 0 spiro atoms. The van der Waals surface area contributed by atoms with Gasteiger partial charge in [0.2, 0.25) is 5.91 Å². The standard InChI is InChI=1S/C23H24ClN3O3S/c1-13-3-6-19(20(28)7-13)27-12-21-17(23(27)30)9-16(31-21)10-26-22(29)11-25-15-5-4-14(2)18(24)8-15/h4-5,8-9,19,25H,1,3,6-7,10-12H2,2H3,(H,26,29). The van der Waals surface area contributed by atoms with Crippen LogP contribution in [0.25, 0.3) is 0 Å². The van der Waals surface area contributed by atoms with Crippen molar-refractivity contribution < 1.29 is 14.4 Å². The van der Waals surface area contributed by atoms with E-state index in [2.05, 4.69) is 17.2 Å². The second-order valence-electron chi connectivity index (χ2n) is 8.02. The summed E-state index contributed by atoms with van der Waals surface area (Å²) >= 11 is 7.61. The summed E-state index contributed by atoms with van der Waals surface area (Å²) in [6.07, 6.45) is 1.80. The summed E-state index contributed by atoms with van der Waals surface area (Å²) in [5.41, 5.74) is 3.36. The van der Waals surface area contributed by atoms with Crippen molar-refractivity contribution >= 4 is 46.2 Å². The topological polar surface area (TPSA) is 78.5 Å². The van der Waals surface area contributed by atoms with Crippen LogP contribution >= 0.6 is 22.9 Å². The lowest BCUT2D eigenvalue weighted by Gasteiger charge is -2.30. The zero-order chi connectivity index (χ0) is 22.1.